The summed E-state index contributed by atoms with van der Waals surface area (Å²) in [5.74, 6) is 1.07. The van der Waals surface area contributed by atoms with Crippen LogP contribution in [-0.2, 0) is 0 Å². The summed E-state index contributed by atoms with van der Waals surface area (Å²) in [5.41, 5.74) is -0.103. The molecule has 1 aliphatic carbocycles. The Morgan fingerprint density at radius 1 is 1.47 bits per heavy atom. The number of aryl methyl sites for hydroxylation is 1. The van der Waals surface area contributed by atoms with E-state index in [0.29, 0.717) is 17.2 Å². The Labute approximate surface area is 98.4 Å². The molecule has 5 nitrogen and oxygen atoms in total. The molecule has 0 bridgehead atoms. The van der Waals surface area contributed by atoms with Gasteiger partial charge in [-0.3, -0.25) is 0 Å². The van der Waals surface area contributed by atoms with Crippen molar-refractivity contribution >= 4 is 5.69 Å². The number of anilines is 1. The first kappa shape index (κ1) is 10.7. The monoisotopic (exact) mass is 237 g/mol. The molecule has 2 aliphatic rings. The third-order valence-electron chi connectivity index (χ3n) is 3.43. The van der Waals surface area contributed by atoms with E-state index in [1.165, 1.54) is 0 Å². The van der Waals surface area contributed by atoms with Gasteiger partial charge in [-0.05, 0) is 26.2 Å². The Morgan fingerprint density at radius 3 is 3.12 bits per heavy atom. The van der Waals surface area contributed by atoms with Crippen molar-refractivity contribution in [3.05, 3.63) is 22.2 Å². The summed E-state index contributed by atoms with van der Waals surface area (Å²) in [4.78, 5) is 11.7. The summed E-state index contributed by atoms with van der Waals surface area (Å²) in [6.45, 7) is 1.72. The van der Waals surface area contributed by atoms with Crippen LogP contribution in [0.5, 0.6) is 5.75 Å². The van der Waals surface area contributed by atoms with Crippen LogP contribution in [0.1, 0.15) is 25.0 Å². The van der Waals surface area contributed by atoms with Crippen LogP contribution in [0.15, 0.2) is 15.3 Å². The number of aliphatic hydroxyl groups excluding tert-OH is 1. The summed E-state index contributed by atoms with van der Waals surface area (Å²) in [5, 5.41) is 13.0. The molecule has 1 aromatic heterocycles. The molecule has 1 aromatic rings. The lowest BCUT2D eigenvalue weighted by atomic mass is 9.88. The van der Waals surface area contributed by atoms with Crippen molar-refractivity contribution in [2.24, 2.45) is 0 Å². The first-order valence-electron chi connectivity index (χ1n) is 5.91. The van der Waals surface area contributed by atoms with Crippen LogP contribution in [0.25, 0.3) is 0 Å². The summed E-state index contributed by atoms with van der Waals surface area (Å²) in [7, 11) is 0. The molecule has 0 amide bonds. The Hall–Kier alpha value is -1.49. The molecule has 2 N–H and O–H groups in total. The zero-order valence-corrected chi connectivity index (χ0v) is 9.60. The Balaban J connectivity index is 2.01. The molecule has 92 valence electrons. The van der Waals surface area contributed by atoms with E-state index in [4.69, 9.17) is 9.15 Å². The van der Waals surface area contributed by atoms with Crippen molar-refractivity contribution in [2.75, 3.05) is 5.32 Å². The quantitative estimate of drug-likeness (QED) is 0.705. The van der Waals surface area contributed by atoms with Crippen molar-refractivity contribution in [3.8, 4) is 5.75 Å². The lowest BCUT2D eigenvalue weighted by Gasteiger charge is -2.40. The Kier molecular flexibility index (Phi) is 2.36. The van der Waals surface area contributed by atoms with E-state index in [-0.39, 0.29) is 12.1 Å². The molecule has 1 fully saturated rings. The minimum atomic E-state index is -0.470. The van der Waals surface area contributed by atoms with Gasteiger partial charge in [0.2, 0.25) is 0 Å². The number of hydrogen-bond donors (Lipinski definition) is 2. The van der Waals surface area contributed by atoms with Gasteiger partial charge in [0.25, 0.3) is 0 Å². The number of rotatable bonds is 0. The number of nitrogens with one attached hydrogen (secondary N) is 1. The second kappa shape index (κ2) is 3.77. The number of fused-ring (bicyclic) bond motifs is 2. The molecule has 0 spiro atoms. The lowest BCUT2D eigenvalue weighted by molar-refractivity contribution is 0.0319. The zero-order chi connectivity index (χ0) is 12.0. The van der Waals surface area contributed by atoms with Crippen LogP contribution >= 0.6 is 0 Å². The minimum absolute atomic E-state index is 0.0625. The average Bonchev–Trinajstić information content (AvgIpc) is 2.27. The van der Waals surface area contributed by atoms with Gasteiger partial charge in [-0.15, -0.1) is 0 Å². The predicted molar refractivity (Wildman–Crippen MR) is 61.4 cm³/mol. The fourth-order valence-corrected chi connectivity index (χ4v) is 2.59. The van der Waals surface area contributed by atoms with Gasteiger partial charge in [-0.25, -0.2) is 4.79 Å². The van der Waals surface area contributed by atoms with Crippen molar-refractivity contribution < 1.29 is 14.3 Å². The molecule has 3 atom stereocenters. The smallest absolute Gasteiger partial charge is 0.363 e. The largest absolute Gasteiger partial charge is 0.486 e. The van der Waals surface area contributed by atoms with Gasteiger partial charge in [0.15, 0.2) is 11.4 Å². The summed E-state index contributed by atoms with van der Waals surface area (Å²) < 4.78 is 10.8. The van der Waals surface area contributed by atoms with E-state index in [1.807, 2.05) is 0 Å². The fourth-order valence-electron chi connectivity index (χ4n) is 2.59. The maximum absolute atomic E-state index is 11.7. The van der Waals surface area contributed by atoms with Crippen LogP contribution in [0.2, 0.25) is 0 Å². The van der Waals surface area contributed by atoms with E-state index in [9.17, 15) is 9.90 Å². The molecule has 3 rings (SSSR count). The van der Waals surface area contributed by atoms with E-state index < -0.39 is 11.7 Å². The number of aliphatic hydroxyl groups is 1. The second-order valence-electron chi connectivity index (χ2n) is 4.71. The van der Waals surface area contributed by atoms with Crippen LogP contribution < -0.4 is 15.7 Å². The highest BCUT2D eigenvalue weighted by Gasteiger charge is 2.38. The summed E-state index contributed by atoms with van der Waals surface area (Å²) in [6.07, 6.45) is 2.05. The lowest BCUT2D eigenvalue weighted by Crippen LogP contribution is -2.52. The highest BCUT2D eigenvalue weighted by molar-refractivity contribution is 5.57. The number of hydrogen-bond acceptors (Lipinski definition) is 5. The molecule has 1 aliphatic heterocycles. The van der Waals surface area contributed by atoms with Crippen molar-refractivity contribution in [3.63, 3.8) is 0 Å². The molecule has 0 radical (unpaired) electrons. The SMILES string of the molecule is Cc1cc2c(c(=O)o1)N[C@H]1[C@H](CCC[C@@H]1O)O2. The van der Waals surface area contributed by atoms with Crippen LogP contribution in [-0.4, -0.2) is 23.4 Å². The third kappa shape index (κ3) is 1.70. The Morgan fingerprint density at radius 2 is 2.29 bits per heavy atom. The van der Waals surface area contributed by atoms with Crippen molar-refractivity contribution in [2.45, 2.75) is 44.4 Å². The molecule has 2 heterocycles. The van der Waals surface area contributed by atoms with Crippen molar-refractivity contribution in [1.82, 2.24) is 0 Å². The highest BCUT2D eigenvalue weighted by atomic mass is 16.5. The van der Waals surface area contributed by atoms with E-state index in [2.05, 4.69) is 5.32 Å². The molecular formula is C12H15NO4. The van der Waals surface area contributed by atoms with Crippen LogP contribution in [0, 0.1) is 6.92 Å². The van der Waals surface area contributed by atoms with Gasteiger partial charge in [0, 0.05) is 6.07 Å². The molecule has 0 unspecified atom stereocenters. The van der Waals surface area contributed by atoms with E-state index in [1.54, 1.807) is 13.0 Å². The average molecular weight is 237 g/mol. The van der Waals surface area contributed by atoms with Gasteiger partial charge < -0.3 is 19.6 Å². The van der Waals surface area contributed by atoms with Gasteiger partial charge in [0.1, 0.15) is 11.9 Å². The maximum Gasteiger partial charge on any atom is 0.363 e. The molecule has 5 heteroatoms. The van der Waals surface area contributed by atoms with Crippen LogP contribution in [0.4, 0.5) is 5.69 Å². The van der Waals surface area contributed by atoms with Gasteiger partial charge >= 0.3 is 5.63 Å². The fraction of sp³-hybridized carbons (Fsp3) is 0.583. The second-order valence-corrected chi connectivity index (χ2v) is 4.71. The molecule has 17 heavy (non-hydrogen) atoms. The molecule has 0 aromatic carbocycles. The Bertz CT molecular complexity index is 496. The summed E-state index contributed by atoms with van der Waals surface area (Å²) >= 11 is 0. The van der Waals surface area contributed by atoms with E-state index >= 15 is 0 Å². The van der Waals surface area contributed by atoms with E-state index in [0.717, 1.165) is 19.3 Å². The third-order valence-corrected chi connectivity index (χ3v) is 3.43. The highest BCUT2D eigenvalue weighted by Crippen LogP contribution is 2.34. The predicted octanol–water partition coefficient (Wildman–Crippen LogP) is 1.03. The van der Waals surface area contributed by atoms with Crippen molar-refractivity contribution in [1.29, 1.82) is 0 Å². The van der Waals surface area contributed by atoms with Gasteiger partial charge in [-0.2, -0.15) is 0 Å². The molecule has 1 saturated carbocycles. The topological polar surface area (TPSA) is 71.7 Å². The van der Waals surface area contributed by atoms with Gasteiger partial charge in [-0.1, -0.05) is 0 Å². The minimum Gasteiger partial charge on any atom is -0.486 e. The maximum atomic E-state index is 11.7. The summed E-state index contributed by atoms with van der Waals surface area (Å²) in [6, 6.07) is 1.50. The number of ether oxygens (including phenoxy) is 1. The zero-order valence-electron chi connectivity index (χ0n) is 9.60. The van der Waals surface area contributed by atoms with Crippen LogP contribution in [0.3, 0.4) is 0 Å². The molecular weight excluding hydrogens is 222 g/mol. The van der Waals surface area contributed by atoms with Gasteiger partial charge in [0.05, 0.1) is 12.1 Å². The first-order valence-corrected chi connectivity index (χ1v) is 5.91. The normalized spacial score (nSPS) is 30.8. The first-order chi connectivity index (χ1) is 8.15. The standard InChI is InChI=1S/C12H15NO4/c1-6-5-9-11(12(15)16-6)13-10-7(14)3-2-4-8(10)17-9/h5,7-8,10,13-14H,2-4H2,1H3/t7-,8-,10+/m0/s1. The molecule has 0 saturated heterocycles.